The highest BCUT2D eigenvalue weighted by molar-refractivity contribution is 7.13. The van der Waals surface area contributed by atoms with Gasteiger partial charge in [0.2, 0.25) is 0 Å². The molecule has 146 valence electrons. The Labute approximate surface area is 159 Å². The molecule has 0 radical (unpaired) electrons. The molecule has 0 saturated heterocycles. The number of aromatic nitrogens is 1. The third kappa shape index (κ3) is 5.63. The molecule has 8 heteroatoms. The molecule has 1 heterocycles. The topological polar surface area (TPSA) is 67.3 Å². The minimum Gasteiger partial charge on any atom is -0.481 e. The maximum Gasteiger partial charge on any atom is 0.416 e. The summed E-state index contributed by atoms with van der Waals surface area (Å²) in [5, 5.41) is 11.5. The van der Waals surface area contributed by atoms with Crippen LogP contribution in [0.1, 0.15) is 38.4 Å². The van der Waals surface area contributed by atoms with Crippen LogP contribution in [-0.4, -0.2) is 21.8 Å². The summed E-state index contributed by atoms with van der Waals surface area (Å²) < 4.78 is 37.9. The van der Waals surface area contributed by atoms with Gasteiger partial charge in [0.15, 0.2) is 0 Å². The highest BCUT2D eigenvalue weighted by atomic mass is 32.1. The van der Waals surface area contributed by atoms with Crippen LogP contribution in [0.2, 0.25) is 0 Å². The van der Waals surface area contributed by atoms with E-state index in [1.165, 1.54) is 23.5 Å². The number of carbonyl (C=O) groups is 2. The maximum atomic E-state index is 12.6. The number of nitrogens with zero attached hydrogens (tertiary/aromatic N) is 1. The van der Waals surface area contributed by atoms with Gasteiger partial charge < -0.3 is 5.11 Å². The molecule has 0 amide bonds. The number of benzene rings is 1. The fourth-order valence-corrected chi connectivity index (χ4v) is 3.41. The average Bonchev–Trinajstić information content (AvgIpc) is 2.99. The Bertz CT molecular complexity index is 820. The van der Waals surface area contributed by atoms with Crippen molar-refractivity contribution in [3.63, 3.8) is 0 Å². The van der Waals surface area contributed by atoms with Crippen LogP contribution in [0.3, 0.4) is 0 Å². The van der Waals surface area contributed by atoms with Crippen molar-refractivity contribution in [1.29, 1.82) is 0 Å². The number of carbonyl (C=O) groups excluding carboxylic acids is 1. The molecule has 0 spiro atoms. The van der Waals surface area contributed by atoms with Crippen LogP contribution in [0.5, 0.6) is 0 Å². The molecule has 2 aromatic rings. The fraction of sp³-hybridized carbons (Fsp3) is 0.421. The lowest BCUT2D eigenvalue weighted by Crippen LogP contribution is -2.31. The molecule has 1 aromatic carbocycles. The Morgan fingerprint density at radius 3 is 2.22 bits per heavy atom. The van der Waals surface area contributed by atoms with E-state index in [1.54, 1.807) is 26.2 Å². The number of hydrogen-bond donors (Lipinski definition) is 1. The molecule has 4 nitrogen and oxygen atoms in total. The summed E-state index contributed by atoms with van der Waals surface area (Å²) in [4.78, 5) is 27.9. The lowest BCUT2D eigenvalue weighted by molar-refractivity contribution is -0.147. The molecule has 2 rings (SSSR count). The molecule has 1 unspecified atom stereocenters. The van der Waals surface area contributed by atoms with Gasteiger partial charge in [0.1, 0.15) is 10.8 Å². The molecule has 1 N–H and O–H groups in total. The van der Waals surface area contributed by atoms with E-state index in [2.05, 4.69) is 4.98 Å². The first-order valence-corrected chi connectivity index (χ1v) is 9.12. The summed E-state index contributed by atoms with van der Waals surface area (Å²) in [5.74, 6) is -2.04. The number of thiazole rings is 1. The monoisotopic (exact) mass is 399 g/mol. The van der Waals surface area contributed by atoms with Gasteiger partial charge in [0.25, 0.3) is 0 Å². The Morgan fingerprint density at radius 1 is 1.15 bits per heavy atom. The van der Waals surface area contributed by atoms with E-state index in [0.29, 0.717) is 16.3 Å². The number of rotatable bonds is 6. The third-order valence-electron chi connectivity index (χ3n) is 4.16. The zero-order valence-electron chi connectivity index (χ0n) is 15.1. The van der Waals surface area contributed by atoms with Crippen molar-refractivity contribution in [2.75, 3.05) is 0 Å². The van der Waals surface area contributed by atoms with E-state index >= 15 is 0 Å². The van der Waals surface area contributed by atoms with Crippen molar-refractivity contribution >= 4 is 23.1 Å². The van der Waals surface area contributed by atoms with E-state index in [4.69, 9.17) is 0 Å². The third-order valence-corrected chi connectivity index (χ3v) is 5.10. The summed E-state index contributed by atoms with van der Waals surface area (Å²) in [6.45, 7) is 5.31. The summed E-state index contributed by atoms with van der Waals surface area (Å²) in [6, 6.07) is 4.66. The van der Waals surface area contributed by atoms with Crippen LogP contribution in [-0.2, 0) is 22.2 Å². The van der Waals surface area contributed by atoms with Crippen LogP contribution in [0, 0.1) is 11.3 Å². The molecular formula is C19H20F3NO3S. The molecule has 0 aliphatic carbocycles. The van der Waals surface area contributed by atoms with Gasteiger partial charge in [-0.25, -0.2) is 4.98 Å². The SMILES string of the molecule is CC(C)(C)C(CC(=O)Cc1csc(-c2ccc(C(F)(F)F)cc2)n1)C(=O)O. The van der Waals surface area contributed by atoms with Crippen molar-refractivity contribution in [1.82, 2.24) is 4.98 Å². The van der Waals surface area contributed by atoms with Crippen LogP contribution in [0.4, 0.5) is 13.2 Å². The average molecular weight is 399 g/mol. The maximum absolute atomic E-state index is 12.6. The van der Waals surface area contributed by atoms with Crippen LogP contribution in [0.25, 0.3) is 10.6 Å². The molecule has 0 fully saturated rings. The summed E-state index contributed by atoms with van der Waals surface area (Å²) in [5.41, 5.74) is -0.266. The van der Waals surface area contributed by atoms with Crippen molar-refractivity contribution in [2.24, 2.45) is 11.3 Å². The van der Waals surface area contributed by atoms with Crippen molar-refractivity contribution in [3.05, 3.63) is 40.9 Å². The molecule has 1 aromatic heterocycles. The molecule has 0 bridgehead atoms. The number of halogens is 3. The Kier molecular flexibility index (Phi) is 6.09. The zero-order valence-corrected chi connectivity index (χ0v) is 15.9. The van der Waals surface area contributed by atoms with E-state index in [-0.39, 0.29) is 18.6 Å². The van der Waals surface area contributed by atoms with E-state index in [0.717, 1.165) is 12.1 Å². The molecule has 0 aliphatic rings. The van der Waals surface area contributed by atoms with Gasteiger partial charge in [-0.2, -0.15) is 13.2 Å². The van der Waals surface area contributed by atoms with Gasteiger partial charge in [0, 0.05) is 23.8 Å². The van der Waals surface area contributed by atoms with Crippen molar-refractivity contribution in [2.45, 2.75) is 39.8 Å². The highest BCUT2D eigenvalue weighted by Crippen LogP contribution is 2.32. The minimum absolute atomic E-state index is 0.00298. The van der Waals surface area contributed by atoms with Crippen molar-refractivity contribution < 1.29 is 27.9 Å². The van der Waals surface area contributed by atoms with E-state index in [9.17, 15) is 27.9 Å². The Balaban J connectivity index is 2.07. The zero-order chi connectivity index (χ0) is 20.4. The smallest absolute Gasteiger partial charge is 0.416 e. The number of Topliss-reactive ketones (excluding diaryl/α,β-unsaturated/α-hetero) is 1. The number of aliphatic carboxylic acids is 1. The van der Waals surface area contributed by atoms with Gasteiger partial charge >= 0.3 is 12.1 Å². The predicted molar refractivity (Wildman–Crippen MR) is 96.5 cm³/mol. The number of ketones is 1. The van der Waals surface area contributed by atoms with E-state index < -0.39 is 29.0 Å². The van der Waals surface area contributed by atoms with Gasteiger partial charge in [-0.05, 0) is 17.5 Å². The summed E-state index contributed by atoms with van der Waals surface area (Å²) in [6.07, 6.45) is -4.49. The van der Waals surface area contributed by atoms with Crippen LogP contribution >= 0.6 is 11.3 Å². The van der Waals surface area contributed by atoms with Gasteiger partial charge in [-0.3, -0.25) is 9.59 Å². The second-order valence-corrected chi connectivity index (χ2v) is 8.25. The van der Waals surface area contributed by atoms with Crippen LogP contribution < -0.4 is 0 Å². The minimum atomic E-state index is -4.40. The first-order chi connectivity index (χ1) is 12.4. The van der Waals surface area contributed by atoms with Crippen LogP contribution in [0.15, 0.2) is 29.6 Å². The number of hydrogen-bond acceptors (Lipinski definition) is 4. The van der Waals surface area contributed by atoms with Gasteiger partial charge in [0.05, 0.1) is 17.2 Å². The first kappa shape index (κ1) is 21.1. The van der Waals surface area contributed by atoms with Gasteiger partial charge in [-0.1, -0.05) is 32.9 Å². The number of carboxylic acids is 1. The standard InChI is InChI=1S/C19H20F3NO3S/c1-18(2,3)15(17(25)26)9-14(24)8-13-10-27-16(23-13)11-4-6-12(7-5-11)19(20,21)22/h4-7,10,15H,8-9H2,1-3H3,(H,25,26). The fourth-order valence-electron chi connectivity index (χ4n) is 2.59. The second-order valence-electron chi connectivity index (χ2n) is 7.40. The normalized spacial score (nSPS) is 13.4. The highest BCUT2D eigenvalue weighted by Gasteiger charge is 2.33. The molecule has 27 heavy (non-hydrogen) atoms. The quantitative estimate of drug-likeness (QED) is 0.736. The van der Waals surface area contributed by atoms with E-state index in [1.807, 2.05) is 0 Å². The Morgan fingerprint density at radius 2 is 1.74 bits per heavy atom. The lowest BCUT2D eigenvalue weighted by Gasteiger charge is -2.26. The Hall–Kier alpha value is -2.22. The molecular weight excluding hydrogens is 379 g/mol. The summed E-state index contributed by atoms with van der Waals surface area (Å²) >= 11 is 1.23. The lowest BCUT2D eigenvalue weighted by atomic mass is 9.77. The second kappa shape index (κ2) is 7.80. The molecule has 1 atom stereocenters. The van der Waals surface area contributed by atoms with Crippen molar-refractivity contribution in [3.8, 4) is 10.6 Å². The first-order valence-electron chi connectivity index (χ1n) is 8.24. The molecule has 0 aliphatic heterocycles. The number of carboxylic acid groups (broad SMARTS) is 1. The number of alkyl halides is 3. The predicted octanol–water partition coefficient (Wildman–Crippen LogP) is 5.08. The van der Waals surface area contributed by atoms with Gasteiger partial charge in [-0.15, -0.1) is 11.3 Å². The molecule has 0 saturated carbocycles. The largest absolute Gasteiger partial charge is 0.481 e. The summed E-state index contributed by atoms with van der Waals surface area (Å²) in [7, 11) is 0.